The Morgan fingerprint density at radius 2 is 1.96 bits per heavy atom. The Bertz CT molecular complexity index is 781. The van der Waals surface area contributed by atoms with Crippen molar-refractivity contribution in [2.45, 2.75) is 59.3 Å². The molecule has 3 heterocycles. The van der Waals surface area contributed by atoms with Gasteiger partial charge in [0.25, 0.3) is 0 Å². The first-order chi connectivity index (χ1) is 12.1. The van der Waals surface area contributed by atoms with Crippen molar-refractivity contribution in [2.24, 2.45) is 5.92 Å². The summed E-state index contributed by atoms with van der Waals surface area (Å²) in [5.41, 5.74) is 1.03. The maximum Gasteiger partial charge on any atom is 0.525 e. The minimum Gasteiger partial charge on any atom is -0.398 e. The summed E-state index contributed by atoms with van der Waals surface area (Å²) in [6, 6.07) is 3.93. The van der Waals surface area contributed by atoms with Gasteiger partial charge < -0.3 is 9.31 Å². The Morgan fingerprint density at radius 1 is 1.31 bits per heavy atom. The molecule has 0 unspecified atom stereocenters. The normalized spacial score (nSPS) is 19.5. The minimum absolute atomic E-state index is 0.400. The summed E-state index contributed by atoms with van der Waals surface area (Å²) in [4.78, 5) is 0. The van der Waals surface area contributed by atoms with Crippen LogP contribution in [0.5, 0.6) is 0 Å². The van der Waals surface area contributed by atoms with Crippen molar-refractivity contribution < 1.29 is 13.7 Å². The molecule has 0 aliphatic carbocycles. The van der Waals surface area contributed by atoms with E-state index in [0.717, 1.165) is 11.3 Å². The molecule has 1 saturated heterocycles. The number of hydrogen-bond donors (Lipinski definition) is 0. The number of nitrogens with zero attached hydrogens (tertiary/aromatic N) is 2. The van der Waals surface area contributed by atoms with Crippen LogP contribution in [-0.4, -0.2) is 28.1 Å². The van der Waals surface area contributed by atoms with E-state index in [0.29, 0.717) is 18.2 Å². The van der Waals surface area contributed by atoms with Crippen LogP contribution in [0.3, 0.4) is 0 Å². The number of aromatic nitrogens is 2. The molecule has 3 rings (SSSR count). The Hall–Kier alpha value is -1.44. The van der Waals surface area contributed by atoms with Crippen molar-refractivity contribution in [3.8, 4) is 11.3 Å². The van der Waals surface area contributed by atoms with Crippen LogP contribution in [0.15, 0.2) is 28.6 Å². The number of thiophene rings is 1. The van der Waals surface area contributed by atoms with E-state index in [2.05, 4.69) is 18.9 Å². The molecule has 0 amide bonds. The Balaban J connectivity index is 1.91. The number of hydrogen-bond acceptors (Lipinski definition) is 4. The molecule has 26 heavy (non-hydrogen) atoms. The first kappa shape index (κ1) is 19.3. The monoisotopic (exact) mass is 376 g/mol. The van der Waals surface area contributed by atoms with Gasteiger partial charge in [-0.25, -0.2) is 4.39 Å². The van der Waals surface area contributed by atoms with E-state index in [9.17, 15) is 4.39 Å². The average Bonchev–Trinajstić information content (AvgIpc) is 3.19. The third kappa shape index (κ3) is 3.80. The van der Waals surface area contributed by atoms with Crippen molar-refractivity contribution in [3.63, 3.8) is 0 Å². The lowest BCUT2D eigenvalue weighted by atomic mass is 9.87. The number of rotatable bonds is 5. The number of halogens is 1. The largest absolute Gasteiger partial charge is 0.525 e. The maximum absolute atomic E-state index is 14.9. The van der Waals surface area contributed by atoms with Gasteiger partial charge in [-0.1, -0.05) is 13.8 Å². The predicted molar refractivity (Wildman–Crippen MR) is 106 cm³/mol. The van der Waals surface area contributed by atoms with E-state index in [-0.39, 0.29) is 0 Å². The van der Waals surface area contributed by atoms with E-state index >= 15 is 0 Å². The SMILES string of the molecule is CC(C)Cn1nc(-c2ccsc2)cc1C=C(F)B1OC(C)(C)C(C)(C)O1. The fourth-order valence-electron chi connectivity index (χ4n) is 2.76. The highest BCUT2D eigenvalue weighted by Crippen LogP contribution is 2.39. The first-order valence-corrected chi connectivity index (χ1v) is 9.86. The highest BCUT2D eigenvalue weighted by Gasteiger charge is 2.53. The van der Waals surface area contributed by atoms with Crippen molar-refractivity contribution in [1.29, 1.82) is 0 Å². The van der Waals surface area contributed by atoms with Gasteiger partial charge in [0.2, 0.25) is 0 Å². The van der Waals surface area contributed by atoms with E-state index in [1.165, 1.54) is 6.08 Å². The quantitative estimate of drug-likeness (QED) is 0.672. The second-order valence-corrected chi connectivity index (χ2v) is 8.94. The van der Waals surface area contributed by atoms with Gasteiger partial charge in [-0.15, -0.1) is 0 Å². The zero-order valence-corrected chi connectivity index (χ0v) is 17.1. The zero-order chi connectivity index (χ0) is 19.1. The molecule has 0 bridgehead atoms. The summed E-state index contributed by atoms with van der Waals surface area (Å²) in [5, 5.41) is 8.71. The molecule has 1 aliphatic heterocycles. The van der Waals surface area contributed by atoms with Gasteiger partial charge in [0.1, 0.15) is 5.73 Å². The van der Waals surface area contributed by atoms with Crippen LogP contribution in [0.4, 0.5) is 4.39 Å². The molecular weight excluding hydrogens is 350 g/mol. The highest BCUT2D eigenvalue weighted by atomic mass is 32.1. The first-order valence-electron chi connectivity index (χ1n) is 8.92. The predicted octanol–water partition coefficient (Wildman–Crippen LogP) is 5.21. The molecule has 2 aromatic heterocycles. The van der Waals surface area contributed by atoms with E-state index < -0.39 is 24.0 Å². The highest BCUT2D eigenvalue weighted by molar-refractivity contribution is 7.08. The molecule has 2 aromatic rings. The van der Waals surface area contributed by atoms with Crippen LogP contribution in [0.25, 0.3) is 17.3 Å². The second-order valence-electron chi connectivity index (χ2n) is 8.16. The molecule has 4 nitrogen and oxygen atoms in total. The van der Waals surface area contributed by atoms with Crippen molar-refractivity contribution >= 4 is 24.5 Å². The maximum atomic E-state index is 14.9. The lowest BCUT2D eigenvalue weighted by Gasteiger charge is -2.32. The summed E-state index contributed by atoms with van der Waals surface area (Å²) in [6.45, 7) is 12.6. The van der Waals surface area contributed by atoms with Crippen LogP contribution < -0.4 is 0 Å². The average molecular weight is 376 g/mol. The van der Waals surface area contributed by atoms with Crippen LogP contribution in [0.1, 0.15) is 47.2 Å². The van der Waals surface area contributed by atoms with Gasteiger partial charge in [-0.3, -0.25) is 4.68 Å². The summed E-state index contributed by atoms with van der Waals surface area (Å²) in [7, 11) is -0.994. The Labute approximate surface area is 159 Å². The molecule has 7 heteroatoms. The van der Waals surface area contributed by atoms with Gasteiger partial charge in [0, 0.05) is 17.5 Å². The van der Waals surface area contributed by atoms with Gasteiger partial charge in [0.05, 0.1) is 22.6 Å². The molecule has 1 aliphatic rings. The van der Waals surface area contributed by atoms with Crippen molar-refractivity contribution in [3.05, 3.63) is 34.3 Å². The van der Waals surface area contributed by atoms with Gasteiger partial charge >= 0.3 is 7.12 Å². The molecular formula is C19H26BFN2O2S. The van der Waals surface area contributed by atoms with Crippen molar-refractivity contribution in [1.82, 2.24) is 9.78 Å². The van der Waals surface area contributed by atoms with Crippen LogP contribution in [0.2, 0.25) is 0 Å². The van der Waals surface area contributed by atoms with E-state index in [4.69, 9.17) is 9.31 Å². The second kappa shape index (κ2) is 6.95. The molecule has 1 fully saturated rings. The summed E-state index contributed by atoms with van der Waals surface area (Å²) >= 11 is 1.62. The smallest absolute Gasteiger partial charge is 0.398 e. The minimum atomic E-state index is -0.994. The zero-order valence-electron chi connectivity index (χ0n) is 16.2. The molecule has 0 atom stereocenters. The van der Waals surface area contributed by atoms with Gasteiger partial charge in [-0.2, -0.15) is 16.4 Å². The lowest BCUT2D eigenvalue weighted by molar-refractivity contribution is 0.00578. The molecule has 0 radical (unpaired) electrons. The van der Waals surface area contributed by atoms with E-state index in [1.54, 1.807) is 11.3 Å². The van der Waals surface area contributed by atoms with Gasteiger partial charge in [-0.05, 0) is 57.2 Å². The van der Waals surface area contributed by atoms with E-state index in [1.807, 2.05) is 55.3 Å². The summed E-state index contributed by atoms with van der Waals surface area (Å²) in [6.07, 6.45) is 1.48. The Morgan fingerprint density at radius 3 is 2.50 bits per heavy atom. The van der Waals surface area contributed by atoms with Crippen LogP contribution >= 0.6 is 11.3 Å². The third-order valence-electron chi connectivity index (χ3n) is 4.93. The van der Waals surface area contributed by atoms with Crippen molar-refractivity contribution in [2.75, 3.05) is 0 Å². The third-order valence-corrected chi connectivity index (χ3v) is 5.61. The van der Waals surface area contributed by atoms with Gasteiger partial charge in [0.15, 0.2) is 0 Å². The molecule has 0 spiro atoms. The van der Waals surface area contributed by atoms with Crippen LogP contribution in [0, 0.1) is 5.92 Å². The van der Waals surface area contributed by atoms with Crippen LogP contribution in [-0.2, 0) is 15.9 Å². The standard InChI is InChI=1S/C19H26BFN2O2S/c1-13(2)11-23-15(9-16(22-23)14-7-8-26-12-14)10-17(21)20-24-18(3,4)19(5,6)25-20/h7-10,12-13H,11H2,1-6H3. The molecule has 140 valence electrons. The summed E-state index contributed by atoms with van der Waals surface area (Å²) in [5.74, 6) is 0.400. The fourth-order valence-corrected chi connectivity index (χ4v) is 3.41. The molecule has 0 N–H and O–H groups in total. The lowest BCUT2D eigenvalue weighted by Crippen LogP contribution is -2.41. The topological polar surface area (TPSA) is 36.3 Å². The molecule has 0 saturated carbocycles. The Kier molecular flexibility index (Phi) is 5.16. The molecule has 0 aromatic carbocycles. The summed E-state index contributed by atoms with van der Waals surface area (Å²) < 4.78 is 28.4. The fraction of sp³-hybridized carbons (Fsp3) is 0.526.